The summed E-state index contributed by atoms with van der Waals surface area (Å²) < 4.78 is 11.4. The van der Waals surface area contributed by atoms with E-state index in [1.807, 2.05) is 30.3 Å². The van der Waals surface area contributed by atoms with Crippen LogP contribution in [-0.2, 0) is 11.2 Å². The van der Waals surface area contributed by atoms with E-state index in [0.29, 0.717) is 35.5 Å². The smallest absolute Gasteiger partial charge is 0.336 e. The normalized spacial score (nSPS) is 24.8. The van der Waals surface area contributed by atoms with E-state index in [2.05, 4.69) is 0 Å². The molecule has 8 heteroatoms. The third kappa shape index (κ3) is 4.51. The maximum Gasteiger partial charge on any atom is 0.336 e. The fourth-order valence-corrected chi connectivity index (χ4v) is 4.54. The van der Waals surface area contributed by atoms with Crippen molar-refractivity contribution < 1.29 is 39.8 Å². The minimum atomic E-state index is -1.52. The van der Waals surface area contributed by atoms with Gasteiger partial charge in [-0.3, -0.25) is 0 Å². The zero-order chi connectivity index (χ0) is 24.4. The first-order chi connectivity index (χ1) is 16.3. The Bertz CT molecular complexity index is 1130. The number of fused-ring (bicyclic) bond motifs is 1. The molecule has 8 nitrogen and oxygen atoms in total. The van der Waals surface area contributed by atoms with Crippen LogP contribution in [0.1, 0.15) is 40.1 Å². The van der Waals surface area contributed by atoms with Crippen LogP contribution in [0.3, 0.4) is 0 Å². The van der Waals surface area contributed by atoms with Gasteiger partial charge in [0.15, 0.2) is 0 Å². The highest BCUT2D eigenvalue weighted by atomic mass is 16.5. The Morgan fingerprint density at radius 1 is 1.00 bits per heavy atom. The van der Waals surface area contributed by atoms with Crippen LogP contribution in [0.4, 0.5) is 0 Å². The molecule has 0 unspecified atom stereocenters. The van der Waals surface area contributed by atoms with E-state index in [1.54, 1.807) is 31.2 Å². The number of carboxylic acid groups (broad SMARTS) is 1. The molecule has 1 saturated heterocycles. The standard InChI is InChI=1S/C26H28O8/c1-2-33-19-9-8-14(11-18(19)25-24(30)23(29)22(28)20(13-27)34-25)10-16-12-15-6-4-3-5-7-17(15)21(16)26(31)32/h3-9,11-12,20,22-25,27-30H,2,10,13H2,1H3,(H,31,32)/t20-,22-,23+,24-,25+/m1/s1. The Hall–Kier alpha value is -3.01. The Morgan fingerprint density at radius 2 is 1.76 bits per heavy atom. The predicted molar refractivity (Wildman–Crippen MR) is 123 cm³/mol. The summed E-state index contributed by atoms with van der Waals surface area (Å²) in [7, 11) is 0. The highest BCUT2D eigenvalue weighted by molar-refractivity contribution is 5.99. The van der Waals surface area contributed by atoms with Gasteiger partial charge in [0.05, 0.1) is 18.8 Å². The van der Waals surface area contributed by atoms with E-state index >= 15 is 0 Å². The molecule has 0 amide bonds. The molecule has 5 N–H and O–H groups in total. The number of aromatic carboxylic acids is 1. The minimum Gasteiger partial charge on any atom is -0.493 e. The average Bonchev–Trinajstić information content (AvgIpc) is 2.99. The minimum absolute atomic E-state index is 0.231. The van der Waals surface area contributed by atoms with Crippen molar-refractivity contribution in [1.82, 2.24) is 0 Å². The van der Waals surface area contributed by atoms with Crippen molar-refractivity contribution in [1.29, 1.82) is 0 Å². The topological polar surface area (TPSA) is 137 Å². The van der Waals surface area contributed by atoms with Crippen LogP contribution in [0.5, 0.6) is 5.75 Å². The van der Waals surface area contributed by atoms with Gasteiger partial charge in [-0.25, -0.2) is 4.79 Å². The molecule has 1 heterocycles. The van der Waals surface area contributed by atoms with Gasteiger partial charge < -0.3 is 35.0 Å². The lowest BCUT2D eigenvalue weighted by atomic mass is 9.89. The molecule has 180 valence electrons. The van der Waals surface area contributed by atoms with Gasteiger partial charge in [-0.15, -0.1) is 0 Å². The Morgan fingerprint density at radius 3 is 2.47 bits per heavy atom. The molecule has 1 aromatic rings. The summed E-state index contributed by atoms with van der Waals surface area (Å²) in [6.45, 7) is 1.61. The maximum absolute atomic E-state index is 12.1. The van der Waals surface area contributed by atoms with Crippen molar-refractivity contribution in [3.8, 4) is 16.9 Å². The van der Waals surface area contributed by atoms with E-state index in [9.17, 15) is 30.3 Å². The number of aliphatic hydroxyl groups excluding tert-OH is 4. The molecule has 0 radical (unpaired) electrons. The highest BCUT2D eigenvalue weighted by Crippen LogP contribution is 2.39. The molecular formula is C26H28O8. The van der Waals surface area contributed by atoms with Gasteiger partial charge in [0.25, 0.3) is 0 Å². The second-order valence-electron chi connectivity index (χ2n) is 8.36. The highest BCUT2D eigenvalue weighted by Gasteiger charge is 2.44. The predicted octanol–water partition coefficient (Wildman–Crippen LogP) is 1.99. The summed E-state index contributed by atoms with van der Waals surface area (Å²) >= 11 is 0. The van der Waals surface area contributed by atoms with Gasteiger partial charge in [0.2, 0.25) is 0 Å². The first-order valence-electron chi connectivity index (χ1n) is 11.2. The van der Waals surface area contributed by atoms with Gasteiger partial charge >= 0.3 is 5.97 Å². The van der Waals surface area contributed by atoms with Crippen molar-refractivity contribution in [2.24, 2.45) is 0 Å². The molecule has 0 aromatic heterocycles. The number of aliphatic hydroxyl groups is 4. The fraction of sp³-hybridized carbons (Fsp3) is 0.346. The molecule has 2 aliphatic carbocycles. The molecule has 4 rings (SSSR count). The summed E-state index contributed by atoms with van der Waals surface area (Å²) in [5, 5.41) is 50.5. The van der Waals surface area contributed by atoms with Gasteiger partial charge in [-0.1, -0.05) is 36.4 Å². The van der Waals surface area contributed by atoms with Gasteiger partial charge in [0.1, 0.15) is 36.3 Å². The molecule has 3 aliphatic rings. The summed E-state index contributed by atoms with van der Waals surface area (Å²) in [5.74, 6) is -0.593. The molecule has 1 aromatic carbocycles. The number of carbonyl (C=O) groups is 1. The zero-order valence-corrected chi connectivity index (χ0v) is 18.7. The van der Waals surface area contributed by atoms with Gasteiger partial charge in [-0.2, -0.15) is 0 Å². The Kier molecular flexibility index (Phi) is 7.16. The molecular weight excluding hydrogens is 440 g/mol. The van der Waals surface area contributed by atoms with E-state index < -0.39 is 43.1 Å². The number of rotatable bonds is 7. The first kappa shape index (κ1) is 24.1. The van der Waals surface area contributed by atoms with Crippen LogP contribution in [0.2, 0.25) is 0 Å². The van der Waals surface area contributed by atoms with Gasteiger partial charge in [-0.05, 0) is 53.8 Å². The zero-order valence-electron chi connectivity index (χ0n) is 18.7. The SMILES string of the molecule is CCOc1ccc(Cc2cc3cccccc-3c2C(=O)O)cc1[C@@H]1O[C@H](CO)[C@@H](O)[C@H](O)[C@H]1O. The third-order valence-corrected chi connectivity index (χ3v) is 6.17. The maximum atomic E-state index is 12.1. The van der Waals surface area contributed by atoms with E-state index in [-0.39, 0.29) is 5.56 Å². The summed E-state index contributed by atoms with van der Waals surface area (Å²) in [6.07, 6.45) is -6.25. The van der Waals surface area contributed by atoms with Crippen LogP contribution in [-0.4, -0.2) is 69.1 Å². The summed E-state index contributed by atoms with van der Waals surface area (Å²) in [6, 6.07) is 16.2. The summed E-state index contributed by atoms with van der Waals surface area (Å²) in [5.41, 5.74) is 3.52. The van der Waals surface area contributed by atoms with Crippen LogP contribution >= 0.6 is 0 Å². The molecule has 5 atom stereocenters. The summed E-state index contributed by atoms with van der Waals surface area (Å²) in [4.78, 5) is 12.1. The molecule has 0 bridgehead atoms. The number of carboxylic acids is 1. The molecule has 1 aliphatic heterocycles. The van der Waals surface area contributed by atoms with Crippen molar-refractivity contribution in [2.75, 3.05) is 13.2 Å². The molecule has 34 heavy (non-hydrogen) atoms. The second kappa shape index (κ2) is 10.1. The van der Waals surface area contributed by atoms with Crippen molar-refractivity contribution in [3.63, 3.8) is 0 Å². The molecule has 1 fully saturated rings. The quantitative estimate of drug-likeness (QED) is 0.355. The fourth-order valence-electron chi connectivity index (χ4n) is 4.54. The van der Waals surface area contributed by atoms with Crippen molar-refractivity contribution in [3.05, 3.63) is 76.9 Å². The van der Waals surface area contributed by atoms with Crippen LogP contribution in [0.15, 0.2) is 54.6 Å². The van der Waals surface area contributed by atoms with Crippen LogP contribution in [0, 0.1) is 0 Å². The van der Waals surface area contributed by atoms with E-state index in [4.69, 9.17) is 9.47 Å². The lowest BCUT2D eigenvalue weighted by molar-refractivity contribution is -0.232. The largest absolute Gasteiger partial charge is 0.493 e. The number of benzene rings is 1. The first-order valence-corrected chi connectivity index (χ1v) is 11.2. The lowest BCUT2D eigenvalue weighted by Crippen LogP contribution is -2.55. The number of hydrogen-bond acceptors (Lipinski definition) is 7. The Balaban J connectivity index is 1.75. The van der Waals surface area contributed by atoms with Crippen LogP contribution < -0.4 is 4.74 Å². The van der Waals surface area contributed by atoms with Gasteiger partial charge in [0, 0.05) is 5.56 Å². The van der Waals surface area contributed by atoms with E-state index in [0.717, 1.165) is 11.1 Å². The van der Waals surface area contributed by atoms with E-state index in [1.165, 1.54) is 0 Å². The molecule has 0 spiro atoms. The monoisotopic (exact) mass is 468 g/mol. The Labute approximate surface area is 197 Å². The van der Waals surface area contributed by atoms with Crippen molar-refractivity contribution in [2.45, 2.75) is 43.9 Å². The van der Waals surface area contributed by atoms with Crippen molar-refractivity contribution >= 4 is 5.97 Å². The third-order valence-electron chi connectivity index (χ3n) is 6.17. The average molecular weight is 469 g/mol. The lowest BCUT2D eigenvalue weighted by Gasteiger charge is -2.40. The second-order valence-corrected chi connectivity index (χ2v) is 8.36. The number of ether oxygens (including phenoxy) is 2. The van der Waals surface area contributed by atoms with Crippen LogP contribution in [0.25, 0.3) is 11.1 Å². The number of hydrogen-bond donors (Lipinski definition) is 5. The molecule has 0 saturated carbocycles.